The molecule has 3 rings (SSSR count). The zero-order valence-corrected chi connectivity index (χ0v) is 20.7. The van der Waals surface area contributed by atoms with Gasteiger partial charge in [0.25, 0.3) is 10.1 Å². The van der Waals surface area contributed by atoms with Gasteiger partial charge >= 0.3 is 6.09 Å². The number of aryl methyl sites for hydroxylation is 1. The highest BCUT2D eigenvalue weighted by molar-refractivity contribution is 7.85. The maximum Gasteiger partial charge on any atom is 0.412 e. The van der Waals surface area contributed by atoms with Crippen LogP contribution in [0.3, 0.4) is 0 Å². The van der Waals surface area contributed by atoms with Crippen molar-refractivity contribution in [3.8, 4) is 34.1 Å². The van der Waals surface area contributed by atoms with Gasteiger partial charge in [-0.3, -0.25) is 9.35 Å². The Morgan fingerprint density at radius 3 is 2.40 bits per heavy atom. The molecule has 11 nitrogen and oxygen atoms in total. The third-order valence-corrected chi connectivity index (χ3v) is 6.22. The summed E-state index contributed by atoms with van der Waals surface area (Å²) in [5, 5.41) is 5.21. The predicted octanol–water partition coefficient (Wildman–Crippen LogP) is 2.48. The van der Waals surface area contributed by atoms with Crippen LogP contribution < -0.4 is 29.6 Å². The third-order valence-electron chi connectivity index (χ3n) is 5.50. The summed E-state index contributed by atoms with van der Waals surface area (Å²) in [6.45, 7) is 1.11. The molecule has 0 radical (unpaired) electrons. The number of hydrogen-bond donors (Lipinski definition) is 3. The Hall–Kier alpha value is -3.51. The van der Waals surface area contributed by atoms with Crippen LogP contribution in [0, 0.1) is 0 Å². The van der Waals surface area contributed by atoms with E-state index in [-0.39, 0.29) is 24.2 Å². The summed E-state index contributed by atoms with van der Waals surface area (Å²) in [6, 6.07) is 6.47. The largest absolute Gasteiger partial charge is 0.493 e. The maximum absolute atomic E-state index is 12.1. The lowest BCUT2D eigenvalue weighted by Crippen LogP contribution is -2.31. The van der Waals surface area contributed by atoms with Crippen LogP contribution in [0.15, 0.2) is 24.3 Å². The van der Waals surface area contributed by atoms with Crippen LogP contribution in [0.5, 0.6) is 23.0 Å². The van der Waals surface area contributed by atoms with Crippen molar-refractivity contribution < 1.29 is 41.5 Å². The minimum absolute atomic E-state index is 0.186. The van der Waals surface area contributed by atoms with Crippen molar-refractivity contribution in [2.24, 2.45) is 0 Å². The number of methoxy groups -OCH3 is 3. The zero-order valence-electron chi connectivity index (χ0n) is 19.8. The molecule has 0 heterocycles. The lowest BCUT2D eigenvalue weighted by atomic mass is 9.93. The zero-order chi connectivity index (χ0) is 25.8. The first-order chi connectivity index (χ1) is 16.6. The van der Waals surface area contributed by atoms with Gasteiger partial charge in [-0.1, -0.05) is 6.07 Å². The van der Waals surface area contributed by atoms with Gasteiger partial charge in [-0.25, -0.2) is 4.79 Å². The molecule has 2 amide bonds. The van der Waals surface area contributed by atoms with Gasteiger partial charge < -0.3 is 29.6 Å². The molecule has 1 atom stereocenters. The molecule has 0 saturated carbocycles. The third kappa shape index (κ3) is 6.14. The quantitative estimate of drug-likeness (QED) is 0.457. The molecule has 3 N–H and O–H groups in total. The van der Waals surface area contributed by atoms with Gasteiger partial charge in [0.05, 0.1) is 33.1 Å². The second-order valence-corrected chi connectivity index (χ2v) is 9.39. The van der Waals surface area contributed by atoms with Gasteiger partial charge in [-0.05, 0) is 47.7 Å². The summed E-state index contributed by atoms with van der Waals surface area (Å²) in [5.74, 6) is 0.747. The van der Waals surface area contributed by atoms with Gasteiger partial charge in [-0.15, -0.1) is 0 Å². The molecule has 0 fully saturated rings. The molecule has 2 aromatic rings. The topological polar surface area (TPSA) is 149 Å². The van der Waals surface area contributed by atoms with E-state index in [1.54, 1.807) is 25.3 Å². The number of ether oxygens (including phenoxy) is 4. The van der Waals surface area contributed by atoms with E-state index in [0.717, 1.165) is 16.7 Å². The van der Waals surface area contributed by atoms with Gasteiger partial charge in [0, 0.05) is 19.0 Å². The number of hydrogen-bond acceptors (Lipinski definition) is 8. The number of fused-ring (bicyclic) bond motifs is 3. The average molecular weight is 509 g/mol. The molecule has 0 unspecified atom stereocenters. The molecule has 0 saturated heterocycles. The van der Waals surface area contributed by atoms with Crippen LogP contribution in [0.2, 0.25) is 0 Å². The summed E-state index contributed by atoms with van der Waals surface area (Å²) in [7, 11) is 0.371. The summed E-state index contributed by atoms with van der Waals surface area (Å²) in [4.78, 5) is 24.1. The summed E-state index contributed by atoms with van der Waals surface area (Å²) in [6.07, 6.45) is 0.267. The van der Waals surface area contributed by atoms with E-state index in [4.69, 9.17) is 23.5 Å². The van der Waals surface area contributed by atoms with E-state index in [0.29, 0.717) is 35.7 Å². The summed E-state index contributed by atoms with van der Waals surface area (Å²) < 4.78 is 52.5. The first-order valence-corrected chi connectivity index (χ1v) is 12.3. The molecule has 0 bridgehead atoms. The molecule has 35 heavy (non-hydrogen) atoms. The van der Waals surface area contributed by atoms with E-state index in [1.165, 1.54) is 21.1 Å². The van der Waals surface area contributed by atoms with Gasteiger partial charge in [0.1, 0.15) is 5.75 Å². The molecule has 0 spiro atoms. The molecule has 0 aliphatic heterocycles. The van der Waals surface area contributed by atoms with E-state index in [9.17, 15) is 18.0 Å². The highest BCUT2D eigenvalue weighted by Crippen LogP contribution is 2.50. The van der Waals surface area contributed by atoms with Crippen LogP contribution in [-0.2, 0) is 21.3 Å². The SMILES string of the molecule is COc1cc2c(c(OC)c1OC)-c1ccc(OC(=O)NCCS(=O)(=O)O)cc1[C@@H](NC(C)=O)CC2. The van der Waals surface area contributed by atoms with Crippen molar-refractivity contribution in [3.05, 3.63) is 35.4 Å². The number of nitrogens with one attached hydrogen (secondary N) is 2. The molecule has 12 heteroatoms. The van der Waals surface area contributed by atoms with E-state index in [2.05, 4.69) is 10.6 Å². The van der Waals surface area contributed by atoms with Crippen LogP contribution in [-0.4, -0.2) is 58.6 Å². The van der Waals surface area contributed by atoms with Crippen LogP contribution >= 0.6 is 0 Å². The minimum Gasteiger partial charge on any atom is -0.493 e. The van der Waals surface area contributed by atoms with Crippen molar-refractivity contribution in [3.63, 3.8) is 0 Å². The van der Waals surface area contributed by atoms with E-state index < -0.39 is 22.0 Å². The number of carbonyl (C=O) groups excluding carboxylic acids is 2. The monoisotopic (exact) mass is 508 g/mol. The Labute approximate surface area is 203 Å². The predicted molar refractivity (Wildman–Crippen MR) is 127 cm³/mol. The fraction of sp³-hybridized carbons (Fsp3) is 0.391. The number of benzene rings is 2. The average Bonchev–Trinajstić information content (AvgIpc) is 2.93. The summed E-state index contributed by atoms with van der Waals surface area (Å²) >= 11 is 0. The van der Waals surface area contributed by atoms with Crippen LogP contribution in [0.4, 0.5) is 4.79 Å². The Bertz CT molecular complexity index is 1230. The van der Waals surface area contributed by atoms with Crippen molar-refractivity contribution in [2.45, 2.75) is 25.8 Å². The fourth-order valence-electron chi connectivity index (χ4n) is 4.10. The standard InChI is InChI=1S/C23H28N2O9S/c1-13(26)25-18-8-5-14-11-19(31-2)21(32-3)22(33-4)20(14)16-7-6-15(12-17(16)18)34-23(27)24-9-10-35(28,29)30/h6-7,11-12,18H,5,8-10H2,1-4H3,(H,24,27)(H,25,26)(H,28,29,30)/t18-/m0/s1. The lowest BCUT2D eigenvalue weighted by Gasteiger charge is -2.21. The molecule has 1 aliphatic rings. The van der Waals surface area contributed by atoms with Crippen LogP contribution in [0.1, 0.15) is 30.5 Å². The first kappa shape index (κ1) is 26.1. The van der Waals surface area contributed by atoms with Gasteiger partial charge in [0.15, 0.2) is 11.5 Å². The first-order valence-electron chi connectivity index (χ1n) is 10.7. The molecule has 0 aromatic heterocycles. The lowest BCUT2D eigenvalue weighted by molar-refractivity contribution is -0.119. The van der Waals surface area contributed by atoms with Gasteiger partial charge in [0.2, 0.25) is 11.7 Å². The number of rotatable bonds is 8. The van der Waals surface area contributed by atoms with Crippen molar-refractivity contribution >= 4 is 22.1 Å². The number of carbonyl (C=O) groups is 2. The minimum atomic E-state index is -4.22. The smallest absolute Gasteiger partial charge is 0.412 e. The highest BCUT2D eigenvalue weighted by Gasteiger charge is 2.29. The Morgan fingerprint density at radius 1 is 1.09 bits per heavy atom. The Kier molecular flexibility index (Phi) is 8.07. The fourth-order valence-corrected chi connectivity index (χ4v) is 4.46. The second kappa shape index (κ2) is 10.8. The molecule has 2 aromatic carbocycles. The summed E-state index contributed by atoms with van der Waals surface area (Å²) in [5.41, 5.74) is 3.17. The Balaban J connectivity index is 2.05. The number of amides is 2. The van der Waals surface area contributed by atoms with E-state index in [1.807, 2.05) is 6.07 Å². The second-order valence-electron chi connectivity index (χ2n) is 7.82. The van der Waals surface area contributed by atoms with Crippen molar-refractivity contribution in [2.75, 3.05) is 33.6 Å². The normalized spacial score (nSPS) is 14.6. The molecule has 1 aliphatic carbocycles. The molecule has 190 valence electrons. The van der Waals surface area contributed by atoms with E-state index >= 15 is 0 Å². The molecular weight excluding hydrogens is 480 g/mol. The van der Waals surface area contributed by atoms with Gasteiger partial charge in [-0.2, -0.15) is 8.42 Å². The maximum atomic E-state index is 12.1. The Morgan fingerprint density at radius 2 is 1.80 bits per heavy atom. The highest BCUT2D eigenvalue weighted by atomic mass is 32.2. The van der Waals surface area contributed by atoms with Crippen LogP contribution in [0.25, 0.3) is 11.1 Å². The van der Waals surface area contributed by atoms with Crippen molar-refractivity contribution in [1.82, 2.24) is 10.6 Å². The van der Waals surface area contributed by atoms with Crippen molar-refractivity contribution in [1.29, 1.82) is 0 Å². The molecular formula is C23H28N2O9S.